The maximum Gasteiger partial charge on any atom is 0.351 e. The summed E-state index contributed by atoms with van der Waals surface area (Å²) in [4.78, 5) is 28.0. The van der Waals surface area contributed by atoms with Crippen LogP contribution in [0.25, 0.3) is 0 Å². The molecule has 0 aliphatic carbocycles. The third-order valence-corrected chi connectivity index (χ3v) is 5.44. The average molecular weight is 514 g/mol. The van der Waals surface area contributed by atoms with Gasteiger partial charge < -0.3 is 24.6 Å². The van der Waals surface area contributed by atoms with Gasteiger partial charge in [-0.1, -0.05) is 19.9 Å². The second-order valence-corrected chi connectivity index (χ2v) is 8.10. The second-order valence-electron chi connectivity index (χ2n) is 7.24. The van der Waals surface area contributed by atoms with Crippen LogP contribution >= 0.6 is 15.9 Å². The standard InChI is InChI=1S/C21H25BrFN3O6/c1-4-9-30-15-8-6-7-13(28)17(15)24-19-12(22)10-26(21(29)25-19)20-16(23)18(31-11(3)27)14(5-2)32-20/h6-8,10,14,16,18,20,28H,4-5,9H2,1-3H3,(H,24,25,29)/t14-,16+,18?,20-/m1/s1. The first-order valence-electron chi connectivity index (χ1n) is 10.2. The SMILES string of the molecule is CCCOc1cccc(O)c1Nc1nc(=O)n([C@@H]2O[C@H](CC)C(OC(C)=O)[C@@H]2F)cc1Br. The molecule has 0 spiro atoms. The molecular formula is C21H25BrFN3O6. The van der Waals surface area contributed by atoms with Crippen molar-refractivity contribution in [3.05, 3.63) is 39.4 Å². The van der Waals surface area contributed by atoms with E-state index in [1.165, 1.54) is 19.2 Å². The summed E-state index contributed by atoms with van der Waals surface area (Å²) < 4.78 is 32.7. The monoisotopic (exact) mass is 513 g/mol. The number of para-hydroxylation sites is 1. The van der Waals surface area contributed by atoms with E-state index in [-0.39, 0.29) is 17.3 Å². The topological polar surface area (TPSA) is 112 Å². The van der Waals surface area contributed by atoms with E-state index in [4.69, 9.17) is 14.2 Å². The summed E-state index contributed by atoms with van der Waals surface area (Å²) in [6.07, 6.45) is -2.36. The molecule has 0 bridgehead atoms. The quantitative estimate of drug-likeness (QED) is 0.404. The number of aromatic nitrogens is 2. The largest absolute Gasteiger partial charge is 0.506 e. The lowest BCUT2D eigenvalue weighted by Crippen LogP contribution is -2.35. The van der Waals surface area contributed by atoms with Crippen LogP contribution in [0.4, 0.5) is 15.9 Å². The Kier molecular flexibility index (Phi) is 7.73. The molecule has 4 atom stereocenters. The zero-order valence-corrected chi connectivity index (χ0v) is 19.5. The molecule has 1 fully saturated rings. The molecule has 174 valence electrons. The van der Waals surface area contributed by atoms with Gasteiger partial charge in [-0.05, 0) is 40.9 Å². The van der Waals surface area contributed by atoms with Crippen molar-refractivity contribution in [3.63, 3.8) is 0 Å². The fraction of sp³-hybridized carbons (Fsp3) is 0.476. The summed E-state index contributed by atoms with van der Waals surface area (Å²) in [5.74, 6) is -0.224. The maximum absolute atomic E-state index is 15.0. The van der Waals surface area contributed by atoms with Crippen molar-refractivity contribution in [2.24, 2.45) is 0 Å². The first-order valence-corrected chi connectivity index (χ1v) is 11.0. The smallest absolute Gasteiger partial charge is 0.351 e. The fourth-order valence-corrected chi connectivity index (χ4v) is 3.80. The second kappa shape index (κ2) is 10.3. The minimum absolute atomic E-state index is 0.0885. The molecule has 1 aromatic carbocycles. The third-order valence-electron chi connectivity index (χ3n) is 4.86. The molecule has 0 saturated carbocycles. The normalized spacial score (nSPS) is 22.5. The van der Waals surface area contributed by atoms with Crippen molar-refractivity contribution >= 4 is 33.4 Å². The van der Waals surface area contributed by atoms with Crippen molar-refractivity contribution < 1.29 is 28.5 Å². The molecule has 0 radical (unpaired) electrons. The summed E-state index contributed by atoms with van der Waals surface area (Å²) in [7, 11) is 0. The van der Waals surface area contributed by atoms with Crippen LogP contribution in [-0.2, 0) is 14.3 Å². The predicted octanol–water partition coefficient (Wildman–Crippen LogP) is 3.82. The van der Waals surface area contributed by atoms with Crippen LogP contribution < -0.4 is 15.7 Å². The first-order chi connectivity index (χ1) is 15.3. The van der Waals surface area contributed by atoms with E-state index in [0.717, 1.165) is 11.0 Å². The Morgan fingerprint density at radius 3 is 2.81 bits per heavy atom. The highest BCUT2D eigenvalue weighted by atomic mass is 79.9. The summed E-state index contributed by atoms with van der Waals surface area (Å²) in [5, 5.41) is 13.1. The van der Waals surface area contributed by atoms with E-state index in [9.17, 15) is 14.7 Å². The molecule has 1 saturated heterocycles. The van der Waals surface area contributed by atoms with Gasteiger partial charge in [-0.3, -0.25) is 9.36 Å². The minimum Gasteiger partial charge on any atom is -0.506 e. The number of carbonyl (C=O) groups excluding carboxylic acids is 1. The van der Waals surface area contributed by atoms with Crippen molar-refractivity contribution in [1.29, 1.82) is 0 Å². The Balaban J connectivity index is 1.90. The number of halogens is 2. The molecule has 11 heteroatoms. The number of ether oxygens (including phenoxy) is 3. The number of aromatic hydroxyl groups is 1. The van der Waals surface area contributed by atoms with Crippen LogP contribution in [0.15, 0.2) is 33.7 Å². The van der Waals surface area contributed by atoms with Crippen LogP contribution in [0.3, 0.4) is 0 Å². The van der Waals surface area contributed by atoms with Gasteiger partial charge in [0.05, 0.1) is 11.1 Å². The van der Waals surface area contributed by atoms with E-state index >= 15 is 4.39 Å². The number of phenolic OH excluding ortho intramolecular Hbond substituents is 1. The molecule has 1 aliphatic heterocycles. The molecule has 2 heterocycles. The number of anilines is 2. The van der Waals surface area contributed by atoms with Crippen LogP contribution in [0, 0.1) is 0 Å². The number of esters is 1. The Morgan fingerprint density at radius 1 is 1.41 bits per heavy atom. The Morgan fingerprint density at radius 2 is 2.16 bits per heavy atom. The number of phenols is 1. The molecule has 1 aliphatic rings. The van der Waals surface area contributed by atoms with Gasteiger partial charge in [0.25, 0.3) is 0 Å². The molecular weight excluding hydrogens is 489 g/mol. The predicted molar refractivity (Wildman–Crippen MR) is 118 cm³/mol. The Bertz CT molecular complexity index is 1030. The molecule has 2 N–H and O–H groups in total. The molecule has 9 nitrogen and oxygen atoms in total. The van der Waals surface area contributed by atoms with Gasteiger partial charge >= 0.3 is 11.7 Å². The van der Waals surface area contributed by atoms with Crippen LogP contribution in [0.1, 0.15) is 39.8 Å². The van der Waals surface area contributed by atoms with Crippen molar-refractivity contribution in [2.45, 2.75) is 58.2 Å². The van der Waals surface area contributed by atoms with E-state index < -0.39 is 36.3 Å². The van der Waals surface area contributed by atoms with E-state index in [1.807, 2.05) is 6.92 Å². The number of hydrogen-bond donors (Lipinski definition) is 2. The van der Waals surface area contributed by atoms with Gasteiger partial charge in [-0.15, -0.1) is 0 Å². The maximum atomic E-state index is 15.0. The van der Waals surface area contributed by atoms with Gasteiger partial charge in [-0.2, -0.15) is 4.98 Å². The van der Waals surface area contributed by atoms with Gasteiger partial charge in [0.15, 0.2) is 24.3 Å². The third kappa shape index (κ3) is 5.04. The van der Waals surface area contributed by atoms with Gasteiger partial charge in [-0.25, -0.2) is 9.18 Å². The summed E-state index contributed by atoms with van der Waals surface area (Å²) >= 11 is 3.32. The number of nitrogens with zero attached hydrogens (tertiary/aromatic N) is 2. The van der Waals surface area contributed by atoms with Crippen LogP contribution in [-0.4, -0.2) is 45.6 Å². The van der Waals surface area contributed by atoms with Gasteiger partial charge in [0, 0.05) is 13.1 Å². The zero-order chi connectivity index (χ0) is 23.4. The van der Waals surface area contributed by atoms with Crippen molar-refractivity contribution in [1.82, 2.24) is 9.55 Å². The highest BCUT2D eigenvalue weighted by molar-refractivity contribution is 9.10. The Labute approximate surface area is 192 Å². The number of rotatable bonds is 8. The molecule has 3 rings (SSSR count). The zero-order valence-electron chi connectivity index (χ0n) is 17.9. The number of hydrogen-bond acceptors (Lipinski definition) is 8. The molecule has 32 heavy (non-hydrogen) atoms. The van der Waals surface area contributed by atoms with Crippen LogP contribution in [0.2, 0.25) is 0 Å². The molecule has 1 unspecified atom stereocenters. The number of carbonyl (C=O) groups is 1. The highest BCUT2D eigenvalue weighted by Crippen LogP contribution is 2.38. The van der Waals surface area contributed by atoms with E-state index in [2.05, 4.69) is 26.2 Å². The molecule has 2 aromatic rings. The average Bonchev–Trinajstić information content (AvgIpc) is 3.05. The lowest BCUT2D eigenvalue weighted by atomic mass is 10.1. The molecule has 0 amide bonds. The van der Waals surface area contributed by atoms with Gasteiger partial charge in [0.1, 0.15) is 23.3 Å². The summed E-state index contributed by atoms with van der Waals surface area (Å²) in [6, 6.07) is 4.78. The number of alkyl halides is 1. The highest BCUT2D eigenvalue weighted by Gasteiger charge is 2.48. The van der Waals surface area contributed by atoms with Crippen molar-refractivity contribution in [2.75, 3.05) is 11.9 Å². The lowest BCUT2D eigenvalue weighted by Gasteiger charge is -2.19. The van der Waals surface area contributed by atoms with E-state index in [1.54, 1.807) is 19.1 Å². The number of nitrogens with one attached hydrogen (secondary N) is 1. The first kappa shape index (κ1) is 24.0. The summed E-state index contributed by atoms with van der Waals surface area (Å²) in [6.45, 7) is 5.35. The van der Waals surface area contributed by atoms with Crippen molar-refractivity contribution in [3.8, 4) is 11.5 Å². The lowest BCUT2D eigenvalue weighted by molar-refractivity contribution is -0.151. The Hall–Kier alpha value is -2.66. The fourth-order valence-electron chi connectivity index (χ4n) is 3.39. The van der Waals surface area contributed by atoms with Crippen LogP contribution in [0.5, 0.6) is 11.5 Å². The number of benzene rings is 1. The van der Waals surface area contributed by atoms with Gasteiger partial charge in [0.2, 0.25) is 0 Å². The summed E-state index contributed by atoms with van der Waals surface area (Å²) in [5.41, 5.74) is -0.541. The molecule has 1 aromatic heterocycles. The van der Waals surface area contributed by atoms with E-state index in [0.29, 0.717) is 23.2 Å². The minimum atomic E-state index is -1.75.